The standard InChI is InChI=1S/C16H35NO3Si/c1-5-6-7-8-10-13-16(17-14-11-9-12-15-17)21(18-2,19-3)20-4/h16H,5-15H2,1-4H3. The first-order valence-corrected chi connectivity index (χ1v) is 10.4. The van der Waals surface area contributed by atoms with Crippen molar-refractivity contribution in [2.75, 3.05) is 34.4 Å². The second-order valence-electron chi connectivity index (χ2n) is 6.03. The normalized spacial score (nSPS) is 18.9. The van der Waals surface area contributed by atoms with Gasteiger partial charge < -0.3 is 13.3 Å². The van der Waals surface area contributed by atoms with Gasteiger partial charge >= 0.3 is 8.80 Å². The van der Waals surface area contributed by atoms with E-state index in [4.69, 9.17) is 13.3 Å². The Bertz CT molecular complexity index is 248. The minimum Gasteiger partial charge on any atom is -0.376 e. The minimum absolute atomic E-state index is 0.319. The highest BCUT2D eigenvalue weighted by atomic mass is 28.4. The van der Waals surface area contributed by atoms with Gasteiger partial charge in [0.1, 0.15) is 0 Å². The van der Waals surface area contributed by atoms with Gasteiger partial charge in [0.2, 0.25) is 0 Å². The van der Waals surface area contributed by atoms with Crippen LogP contribution in [0.1, 0.15) is 64.7 Å². The molecule has 0 radical (unpaired) electrons. The van der Waals surface area contributed by atoms with Crippen molar-refractivity contribution >= 4 is 8.80 Å². The third kappa shape index (κ3) is 5.64. The number of rotatable bonds is 11. The molecule has 1 rings (SSSR count). The summed E-state index contributed by atoms with van der Waals surface area (Å²) in [6.07, 6.45) is 11.6. The van der Waals surface area contributed by atoms with Gasteiger partial charge in [-0.1, -0.05) is 45.4 Å². The molecule has 4 nitrogen and oxygen atoms in total. The molecule has 1 aliphatic rings. The fourth-order valence-electron chi connectivity index (χ4n) is 3.41. The highest BCUT2D eigenvalue weighted by Crippen LogP contribution is 2.26. The summed E-state index contributed by atoms with van der Waals surface area (Å²) < 4.78 is 17.3. The first-order valence-electron chi connectivity index (χ1n) is 8.63. The van der Waals surface area contributed by atoms with Crippen LogP contribution in [0.2, 0.25) is 0 Å². The molecule has 0 bridgehead atoms. The number of unbranched alkanes of at least 4 members (excludes halogenated alkanes) is 4. The molecule has 0 aliphatic carbocycles. The SMILES string of the molecule is CCCCCCCC(N1CCCCC1)[Si](OC)(OC)OC. The molecule has 0 amide bonds. The van der Waals surface area contributed by atoms with E-state index >= 15 is 0 Å². The van der Waals surface area contributed by atoms with Gasteiger partial charge in [0.05, 0.1) is 5.67 Å². The van der Waals surface area contributed by atoms with Crippen LogP contribution in [0.15, 0.2) is 0 Å². The monoisotopic (exact) mass is 317 g/mol. The van der Waals surface area contributed by atoms with Crippen LogP contribution in [0.3, 0.4) is 0 Å². The number of hydrogen-bond acceptors (Lipinski definition) is 4. The number of hydrogen-bond donors (Lipinski definition) is 0. The molecular formula is C16H35NO3Si. The van der Waals surface area contributed by atoms with Gasteiger partial charge in [-0.05, 0) is 32.4 Å². The van der Waals surface area contributed by atoms with Gasteiger partial charge in [-0.25, -0.2) is 0 Å². The third-order valence-corrected chi connectivity index (χ3v) is 7.85. The Morgan fingerprint density at radius 3 is 1.95 bits per heavy atom. The summed E-state index contributed by atoms with van der Waals surface area (Å²) in [5.74, 6) is 0. The summed E-state index contributed by atoms with van der Waals surface area (Å²) in [4.78, 5) is 2.56. The molecule has 0 saturated carbocycles. The molecule has 126 valence electrons. The summed E-state index contributed by atoms with van der Waals surface area (Å²) >= 11 is 0. The molecule has 1 saturated heterocycles. The zero-order valence-electron chi connectivity index (χ0n) is 14.5. The highest BCUT2D eigenvalue weighted by molar-refractivity contribution is 6.62. The molecule has 1 aliphatic heterocycles. The van der Waals surface area contributed by atoms with Gasteiger partial charge in [-0.15, -0.1) is 0 Å². The lowest BCUT2D eigenvalue weighted by Crippen LogP contribution is -2.62. The second-order valence-corrected chi connectivity index (χ2v) is 9.13. The maximum Gasteiger partial charge on any atom is 0.518 e. The molecule has 0 spiro atoms. The average molecular weight is 318 g/mol. The van der Waals surface area contributed by atoms with Crippen molar-refractivity contribution in [2.45, 2.75) is 70.4 Å². The maximum atomic E-state index is 5.78. The Labute approximate surface area is 132 Å². The van der Waals surface area contributed by atoms with E-state index in [0.29, 0.717) is 5.67 Å². The summed E-state index contributed by atoms with van der Waals surface area (Å²) in [5, 5.41) is 0. The number of piperidine rings is 1. The summed E-state index contributed by atoms with van der Waals surface area (Å²) in [6.45, 7) is 4.57. The topological polar surface area (TPSA) is 30.9 Å². The Hall–Kier alpha value is 0.0569. The molecule has 1 heterocycles. The molecule has 0 N–H and O–H groups in total. The molecule has 1 unspecified atom stereocenters. The average Bonchev–Trinajstić information content (AvgIpc) is 2.55. The molecule has 0 aromatic rings. The van der Waals surface area contributed by atoms with Crippen LogP contribution in [-0.2, 0) is 13.3 Å². The Balaban J connectivity index is 2.64. The predicted octanol–water partition coefficient (Wildman–Crippen LogP) is 3.62. The molecule has 0 aromatic heterocycles. The Morgan fingerprint density at radius 2 is 1.43 bits per heavy atom. The van der Waals surface area contributed by atoms with Crippen LogP contribution in [0, 0.1) is 0 Å². The Morgan fingerprint density at radius 1 is 0.857 bits per heavy atom. The lowest BCUT2D eigenvalue weighted by molar-refractivity contribution is 0.0630. The zero-order valence-corrected chi connectivity index (χ0v) is 15.5. The zero-order chi connectivity index (χ0) is 15.6. The van der Waals surface area contributed by atoms with Crippen LogP contribution >= 0.6 is 0 Å². The lowest BCUT2D eigenvalue weighted by Gasteiger charge is -2.41. The van der Waals surface area contributed by atoms with Gasteiger partial charge in [0, 0.05) is 21.3 Å². The Kier molecular flexibility index (Phi) is 9.76. The first kappa shape index (κ1) is 19.1. The van der Waals surface area contributed by atoms with Crippen molar-refractivity contribution in [1.82, 2.24) is 4.90 Å². The highest BCUT2D eigenvalue weighted by Gasteiger charge is 2.49. The molecule has 1 fully saturated rings. The van der Waals surface area contributed by atoms with Crippen LogP contribution in [0.25, 0.3) is 0 Å². The van der Waals surface area contributed by atoms with E-state index < -0.39 is 8.80 Å². The van der Waals surface area contributed by atoms with Gasteiger partial charge in [-0.3, -0.25) is 4.90 Å². The fraction of sp³-hybridized carbons (Fsp3) is 1.00. The van der Waals surface area contributed by atoms with Crippen molar-refractivity contribution < 1.29 is 13.3 Å². The van der Waals surface area contributed by atoms with Crippen molar-refractivity contribution in [2.24, 2.45) is 0 Å². The van der Waals surface area contributed by atoms with Crippen LogP contribution in [-0.4, -0.2) is 53.8 Å². The maximum absolute atomic E-state index is 5.78. The lowest BCUT2D eigenvalue weighted by atomic mass is 10.1. The summed E-state index contributed by atoms with van der Waals surface area (Å²) in [7, 11) is 2.65. The van der Waals surface area contributed by atoms with Crippen LogP contribution in [0.4, 0.5) is 0 Å². The molecule has 0 aromatic carbocycles. The van der Waals surface area contributed by atoms with Crippen molar-refractivity contribution in [3.8, 4) is 0 Å². The summed E-state index contributed by atoms with van der Waals surface area (Å²) in [5.41, 5.74) is 0.319. The van der Waals surface area contributed by atoms with E-state index in [1.54, 1.807) is 21.3 Å². The molecule has 21 heavy (non-hydrogen) atoms. The minimum atomic E-state index is -2.58. The molecule has 5 heteroatoms. The van der Waals surface area contributed by atoms with Crippen LogP contribution in [0.5, 0.6) is 0 Å². The molecular weight excluding hydrogens is 282 g/mol. The predicted molar refractivity (Wildman–Crippen MR) is 89.4 cm³/mol. The van der Waals surface area contributed by atoms with Crippen molar-refractivity contribution in [1.29, 1.82) is 0 Å². The number of likely N-dealkylation sites (tertiary alicyclic amines) is 1. The van der Waals surface area contributed by atoms with Crippen LogP contribution < -0.4 is 0 Å². The van der Waals surface area contributed by atoms with Gasteiger partial charge in [0.15, 0.2) is 0 Å². The van der Waals surface area contributed by atoms with E-state index in [9.17, 15) is 0 Å². The largest absolute Gasteiger partial charge is 0.518 e. The van der Waals surface area contributed by atoms with E-state index in [-0.39, 0.29) is 0 Å². The fourth-order valence-corrected chi connectivity index (χ4v) is 5.99. The van der Waals surface area contributed by atoms with E-state index in [2.05, 4.69) is 11.8 Å². The number of nitrogens with zero attached hydrogens (tertiary/aromatic N) is 1. The van der Waals surface area contributed by atoms with E-state index in [1.165, 1.54) is 51.4 Å². The smallest absolute Gasteiger partial charge is 0.376 e. The van der Waals surface area contributed by atoms with E-state index in [0.717, 1.165) is 19.5 Å². The second kappa shape index (κ2) is 10.7. The van der Waals surface area contributed by atoms with Crippen molar-refractivity contribution in [3.05, 3.63) is 0 Å². The van der Waals surface area contributed by atoms with Gasteiger partial charge in [-0.2, -0.15) is 0 Å². The first-order chi connectivity index (χ1) is 10.2. The van der Waals surface area contributed by atoms with Gasteiger partial charge in [0.25, 0.3) is 0 Å². The quantitative estimate of drug-likeness (QED) is 0.430. The summed E-state index contributed by atoms with van der Waals surface area (Å²) in [6, 6.07) is 0. The van der Waals surface area contributed by atoms with Crippen molar-refractivity contribution in [3.63, 3.8) is 0 Å². The van der Waals surface area contributed by atoms with E-state index in [1.807, 2.05) is 0 Å². The third-order valence-electron chi connectivity index (χ3n) is 4.67. The molecule has 1 atom stereocenters.